The number of hydrogen-bond acceptors (Lipinski definition) is 4. The number of amides is 1. The topological polar surface area (TPSA) is 85.1 Å². The number of carbonyl (C=O) groups excluding carboxylic acids is 1. The first-order chi connectivity index (χ1) is 9.49. The van der Waals surface area contributed by atoms with Crippen molar-refractivity contribution in [1.82, 2.24) is 4.98 Å². The number of anilines is 1. The summed E-state index contributed by atoms with van der Waals surface area (Å²) in [7, 11) is 0. The molecule has 6 nitrogen and oxygen atoms in total. The molecular weight excluding hydrogens is 333 g/mol. The number of benzene rings is 1. The van der Waals surface area contributed by atoms with E-state index in [1.165, 1.54) is 30.3 Å². The summed E-state index contributed by atoms with van der Waals surface area (Å²) in [6.07, 6.45) is 0. The third-order valence-electron chi connectivity index (χ3n) is 2.38. The lowest BCUT2D eigenvalue weighted by Gasteiger charge is -2.06. The van der Waals surface area contributed by atoms with E-state index in [4.69, 9.17) is 0 Å². The van der Waals surface area contributed by atoms with Crippen LogP contribution in [0.2, 0.25) is 0 Å². The van der Waals surface area contributed by atoms with Gasteiger partial charge in [0.1, 0.15) is 10.3 Å². The van der Waals surface area contributed by atoms with Gasteiger partial charge >= 0.3 is 0 Å². The largest absolute Gasteiger partial charge is 0.306 e. The van der Waals surface area contributed by atoms with Crippen LogP contribution in [-0.4, -0.2) is 15.8 Å². The molecule has 0 radical (unpaired) electrons. The van der Waals surface area contributed by atoms with Crippen LogP contribution >= 0.6 is 15.9 Å². The van der Waals surface area contributed by atoms with E-state index in [1.54, 1.807) is 0 Å². The summed E-state index contributed by atoms with van der Waals surface area (Å²) in [5, 5.41) is 13.1. The summed E-state index contributed by atoms with van der Waals surface area (Å²) in [5.41, 5.74) is -0.171. The van der Waals surface area contributed by atoms with E-state index in [0.717, 1.165) is 6.07 Å². The van der Waals surface area contributed by atoms with Crippen molar-refractivity contribution in [2.75, 3.05) is 5.32 Å². The van der Waals surface area contributed by atoms with Gasteiger partial charge in [0.15, 0.2) is 0 Å². The predicted octanol–water partition coefficient (Wildman–Crippen LogP) is 3.14. The number of carbonyl (C=O) groups is 1. The van der Waals surface area contributed by atoms with Crippen molar-refractivity contribution >= 4 is 33.3 Å². The van der Waals surface area contributed by atoms with Gasteiger partial charge in [0, 0.05) is 6.07 Å². The molecule has 8 heteroatoms. The maximum atomic E-state index is 12.9. The van der Waals surface area contributed by atoms with Crippen molar-refractivity contribution in [3.8, 4) is 0 Å². The molecule has 0 bridgehead atoms. The molecule has 0 spiro atoms. The van der Waals surface area contributed by atoms with Crippen LogP contribution in [-0.2, 0) is 0 Å². The smallest absolute Gasteiger partial charge is 0.284 e. The van der Waals surface area contributed by atoms with Crippen LogP contribution in [0.4, 0.5) is 15.9 Å². The number of nitrogens with zero attached hydrogens (tertiary/aromatic N) is 2. The number of nitrogens with one attached hydrogen (secondary N) is 1. The molecule has 1 aromatic carbocycles. The number of hydrogen-bond donors (Lipinski definition) is 1. The molecule has 1 N–H and O–H groups in total. The Labute approximate surface area is 120 Å². The molecule has 20 heavy (non-hydrogen) atoms. The molecule has 1 amide bonds. The zero-order valence-electron chi connectivity index (χ0n) is 9.84. The molecule has 0 unspecified atom stereocenters. The summed E-state index contributed by atoms with van der Waals surface area (Å²) < 4.78 is 13.0. The van der Waals surface area contributed by atoms with E-state index < -0.39 is 16.8 Å². The number of halogens is 2. The average molecular weight is 340 g/mol. The Kier molecular flexibility index (Phi) is 4.04. The van der Waals surface area contributed by atoms with Crippen molar-refractivity contribution in [3.63, 3.8) is 0 Å². The molecule has 0 atom stereocenters. The SMILES string of the molecule is O=C(Nc1cccc(F)n1)c1cccc([N+](=O)[O-])c1Br. The van der Waals surface area contributed by atoms with E-state index in [1.807, 2.05) is 0 Å². The van der Waals surface area contributed by atoms with Crippen molar-refractivity contribution in [2.45, 2.75) is 0 Å². The Bertz CT molecular complexity index is 693. The first kappa shape index (κ1) is 14.1. The van der Waals surface area contributed by atoms with Gasteiger partial charge in [0.2, 0.25) is 5.95 Å². The Hall–Kier alpha value is -2.35. The molecule has 102 valence electrons. The first-order valence-corrected chi connectivity index (χ1v) is 6.15. The van der Waals surface area contributed by atoms with Gasteiger partial charge in [-0.05, 0) is 34.1 Å². The van der Waals surface area contributed by atoms with Crippen molar-refractivity contribution in [3.05, 3.63) is 62.5 Å². The van der Waals surface area contributed by atoms with Gasteiger partial charge in [0.05, 0.1) is 10.5 Å². The Morgan fingerprint density at radius 3 is 2.65 bits per heavy atom. The Balaban J connectivity index is 2.30. The van der Waals surface area contributed by atoms with E-state index in [2.05, 4.69) is 26.2 Å². The maximum absolute atomic E-state index is 12.9. The van der Waals surface area contributed by atoms with Crippen LogP contribution in [0.25, 0.3) is 0 Å². The summed E-state index contributed by atoms with van der Waals surface area (Å²) in [6.45, 7) is 0. The number of rotatable bonds is 3. The number of aromatic nitrogens is 1. The van der Waals surface area contributed by atoms with Crippen LogP contribution in [0.5, 0.6) is 0 Å². The molecular formula is C12H7BrFN3O3. The van der Waals surface area contributed by atoms with Crippen molar-refractivity contribution < 1.29 is 14.1 Å². The fraction of sp³-hybridized carbons (Fsp3) is 0. The fourth-order valence-corrected chi connectivity index (χ4v) is 2.09. The van der Waals surface area contributed by atoms with Gasteiger partial charge in [-0.3, -0.25) is 14.9 Å². The summed E-state index contributed by atoms with van der Waals surface area (Å²) in [4.78, 5) is 25.6. The lowest BCUT2D eigenvalue weighted by Crippen LogP contribution is -2.14. The molecule has 0 saturated heterocycles. The number of nitro groups is 1. The van der Waals surface area contributed by atoms with Crippen LogP contribution in [0.3, 0.4) is 0 Å². The Morgan fingerprint density at radius 1 is 1.30 bits per heavy atom. The molecule has 0 aliphatic rings. The summed E-state index contributed by atoms with van der Waals surface area (Å²) in [5.74, 6) is -1.34. The van der Waals surface area contributed by atoms with Gasteiger partial charge in [0.25, 0.3) is 11.6 Å². The van der Waals surface area contributed by atoms with Crippen LogP contribution in [0.1, 0.15) is 10.4 Å². The number of pyridine rings is 1. The zero-order chi connectivity index (χ0) is 14.7. The van der Waals surface area contributed by atoms with Gasteiger partial charge in [-0.25, -0.2) is 4.98 Å². The maximum Gasteiger partial charge on any atom is 0.284 e. The predicted molar refractivity (Wildman–Crippen MR) is 72.9 cm³/mol. The van der Waals surface area contributed by atoms with Crippen molar-refractivity contribution in [2.24, 2.45) is 0 Å². The van der Waals surface area contributed by atoms with Gasteiger partial charge in [-0.1, -0.05) is 12.1 Å². The van der Waals surface area contributed by atoms with E-state index in [0.29, 0.717) is 0 Å². The van der Waals surface area contributed by atoms with Gasteiger partial charge in [-0.15, -0.1) is 0 Å². The zero-order valence-corrected chi connectivity index (χ0v) is 11.4. The minimum atomic E-state index is -0.735. The summed E-state index contributed by atoms with van der Waals surface area (Å²) >= 11 is 3.01. The van der Waals surface area contributed by atoms with Gasteiger partial charge < -0.3 is 5.32 Å². The van der Waals surface area contributed by atoms with Gasteiger partial charge in [-0.2, -0.15) is 4.39 Å². The highest BCUT2D eigenvalue weighted by molar-refractivity contribution is 9.10. The summed E-state index contributed by atoms with van der Waals surface area (Å²) in [6, 6.07) is 8.00. The third-order valence-corrected chi connectivity index (χ3v) is 3.21. The lowest BCUT2D eigenvalue weighted by molar-refractivity contribution is -0.385. The normalized spacial score (nSPS) is 10.1. The first-order valence-electron chi connectivity index (χ1n) is 5.36. The minimum absolute atomic E-state index is 0.0217. The monoisotopic (exact) mass is 339 g/mol. The second kappa shape index (κ2) is 5.74. The molecule has 0 aliphatic carbocycles. The molecule has 0 aliphatic heterocycles. The second-order valence-corrected chi connectivity index (χ2v) is 4.49. The second-order valence-electron chi connectivity index (χ2n) is 3.70. The molecule has 2 aromatic rings. The highest BCUT2D eigenvalue weighted by Gasteiger charge is 2.19. The molecule has 2 rings (SSSR count). The van der Waals surface area contributed by atoms with Crippen molar-refractivity contribution in [1.29, 1.82) is 0 Å². The highest BCUT2D eigenvalue weighted by Crippen LogP contribution is 2.28. The molecule has 1 heterocycles. The van der Waals surface area contributed by atoms with E-state index >= 15 is 0 Å². The van der Waals surface area contributed by atoms with Crippen LogP contribution in [0.15, 0.2) is 40.9 Å². The average Bonchev–Trinajstić information content (AvgIpc) is 2.38. The Morgan fingerprint density at radius 2 is 2.00 bits per heavy atom. The van der Waals surface area contributed by atoms with E-state index in [-0.39, 0.29) is 21.5 Å². The quantitative estimate of drug-likeness (QED) is 0.528. The van der Waals surface area contributed by atoms with Crippen LogP contribution < -0.4 is 5.32 Å². The minimum Gasteiger partial charge on any atom is -0.306 e. The third kappa shape index (κ3) is 2.97. The number of nitro benzene ring substituents is 1. The fourth-order valence-electron chi connectivity index (χ4n) is 1.50. The molecule has 1 aromatic heterocycles. The standard InChI is InChI=1S/C12H7BrFN3O3/c13-11-7(3-1-4-8(11)17(19)20)12(18)16-10-6-2-5-9(14)15-10/h1-6H,(H,15,16,18). The van der Waals surface area contributed by atoms with Crippen LogP contribution in [0, 0.1) is 16.1 Å². The molecule has 0 saturated carbocycles. The highest BCUT2D eigenvalue weighted by atomic mass is 79.9. The van der Waals surface area contributed by atoms with E-state index in [9.17, 15) is 19.3 Å². The molecule has 0 fully saturated rings. The lowest BCUT2D eigenvalue weighted by atomic mass is 10.2.